The number of hydrogen-bond acceptors (Lipinski definition) is 3. The Bertz CT molecular complexity index is 687. The van der Waals surface area contributed by atoms with Gasteiger partial charge in [0.2, 0.25) is 5.91 Å². The highest BCUT2D eigenvalue weighted by atomic mass is 35.5. The van der Waals surface area contributed by atoms with Gasteiger partial charge in [0, 0.05) is 15.6 Å². The molecule has 0 atom stereocenters. The maximum atomic E-state index is 11.7. The number of benzene rings is 2. The summed E-state index contributed by atoms with van der Waals surface area (Å²) >= 11 is 11.8. The molecule has 108 valence electrons. The summed E-state index contributed by atoms with van der Waals surface area (Å²) in [5, 5.41) is 14.2. The lowest BCUT2D eigenvalue weighted by atomic mass is 10.1. The van der Waals surface area contributed by atoms with Gasteiger partial charge in [-0.3, -0.25) is 4.79 Å². The predicted octanol–water partition coefficient (Wildman–Crippen LogP) is 3.39. The molecule has 0 aliphatic heterocycles. The molecule has 0 unspecified atom stereocenters. The number of phenols is 1. The zero-order valence-corrected chi connectivity index (χ0v) is 12.4. The zero-order valence-electron chi connectivity index (χ0n) is 10.9. The van der Waals surface area contributed by atoms with Crippen molar-refractivity contribution in [3.63, 3.8) is 0 Å². The lowest BCUT2D eigenvalue weighted by molar-refractivity contribution is -0.120. The van der Waals surface area contributed by atoms with Crippen LogP contribution in [0.4, 0.5) is 0 Å². The first-order valence-electron chi connectivity index (χ1n) is 6.09. The molecule has 0 radical (unpaired) electrons. The quantitative estimate of drug-likeness (QED) is 0.669. The van der Waals surface area contributed by atoms with Crippen molar-refractivity contribution in [1.82, 2.24) is 5.43 Å². The lowest BCUT2D eigenvalue weighted by Gasteiger charge is -2.02. The molecule has 21 heavy (non-hydrogen) atoms. The molecular weight excluding hydrogens is 311 g/mol. The van der Waals surface area contributed by atoms with Crippen molar-refractivity contribution in [2.75, 3.05) is 0 Å². The highest BCUT2D eigenvalue weighted by Gasteiger charge is 2.03. The van der Waals surface area contributed by atoms with E-state index in [0.29, 0.717) is 21.2 Å². The summed E-state index contributed by atoms with van der Waals surface area (Å²) in [5.41, 5.74) is 3.70. The van der Waals surface area contributed by atoms with E-state index in [0.717, 1.165) is 0 Å². The van der Waals surface area contributed by atoms with E-state index in [1.165, 1.54) is 12.3 Å². The number of halogens is 2. The molecule has 0 heterocycles. The SMILES string of the molecule is O=C(Cc1cccc(O)c1)NN=Cc1cc(Cl)ccc1Cl. The molecule has 6 heteroatoms. The van der Waals surface area contributed by atoms with Gasteiger partial charge in [-0.05, 0) is 35.9 Å². The van der Waals surface area contributed by atoms with Crippen LogP contribution in [0.1, 0.15) is 11.1 Å². The van der Waals surface area contributed by atoms with Crippen LogP contribution in [0.2, 0.25) is 10.0 Å². The number of hydrogen-bond donors (Lipinski definition) is 2. The third-order valence-electron chi connectivity index (χ3n) is 2.63. The summed E-state index contributed by atoms with van der Waals surface area (Å²) in [6.07, 6.45) is 1.55. The highest BCUT2D eigenvalue weighted by Crippen LogP contribution is 2.18. The van der Waals surface area contributed by atoms with Crippen molar-refractivity contribution in [3.8, 4) is 5.75 Å². The second kappa shape index (κ2) is 7.11. The van der Waals surface area contributed by atoms with Crippen LogP contribution in [0, 0.1) is 0 Å². The number of phenolic OH excluding ortho intramolecular Hbond substituents is 1. The minimum Gasteiger partial charge on any atom is -0.508 e. The average Bonchev–Trinajstić information content (AvgIpc) is 2.42. The number of nitrogens with one attached hydrogen (secondary N) is 1. The van der Waals surface area contributed by atoms with Gasteiger partial charge in [-0.15, -0.1) is 0 Å². The van der Waals surface area contributed by atoms with Gasteiger partial charge >= 0.3 is 0 Å². The van der Waals surface area contributed by atoms with Crippen molar-refractivity contribution in [2.45, 2.75) is 6.42 Å². The maximum Gasteiger partial charge on any atom is 0.244 e. The molecule has 0 bridgehead atoms. The summed E-state index contributed by atoms with van der Waals surface area (Å²) in [7, 11) is 0. The van der Waals surface area contributed by atoms with Gasteiger partial charge in [0.15, 0.2) is 0 Å². The minimum atomic E-state index is -0.296. The monoisotopic (exact) mass is 322 g/mol. The molecule has 0 aliphatic rings. The number of aromatic hydroxyl groups is 1. The van der Waals surface area contributed by atoms with Crippen molar-refractivity contribution in [2.24, 2.45) is 5.10 Å². The van der Waals surface area contributed by atoms with E-state index >= 15 is 0 Å². The second-order valence-corrected chi connectivity index (χ2v) is 5.15. The first kappa shape index (κ1) is 15.4. The van der Waals surface area contributed by atoms with Crippen molar-refractivity contribution < 1.29 is 9.90 Å². The second-order valence-electron chi connectivity index (χ2n) is 4.31. The van der Waals surface area contributed by atoms with Crippen LogP contribution in [0.15, 0.2) is 47.6 Å². The summed E-state index contributed by atoms with van der Waals surface area (Å²) in [4.78, 5) is 11.7. The summed E-state index contributed by atoms with van der Waals surface area (Å²) < 4.78 is 0. The van der Waals surface area contributed by atoms with Crippen molar-refractivity contribution in [1.29, 1.82) is 0 Å². The Morgan fingerprint density at radius 2 is 2.05 bits per heavy atom. The molecular formula is C15H12Cl2N2O2. The molecule has 2 aromatic carbocycles. The van der Waals surface area contributed by atoms with E-state index in [2.05, 4.69) is 10.5 Å². The number of nitrogens with zero attached hydrogens (tertiary/aromatic N) is 1. The first-order chi connectivity index (χ1) is 10.0. The van der Waals surface area contributed by atoms with Crippen LogP contribution in [0.5, 0.6) is 5.75 Å². The Morgan fingerprint density at radius 1 is 1.24 bits per heavy atom. The van der Waals surface area contributed by atoms with Crippen molar-refractivity contribution in [3.05, 3.63) is 63.6 Å². The molecule has 0 aliphatic carbocycles. The molecule has 0 spiro atoms. The number of hydrazone groups is 1. The smallest absolute Gasteiger partial charge is 0.244 e. The van der Waals surface area contributed by atoms with Crippen LogP contribution in [-0.4, -0.2) is 17.2 Å². The molecule has 0 saturated carbocycles. The van der Waals surface area contributed by atoms with E-state index in [1.54, 1.807) is 36.4 Å². The first-order valence-corrected chi connectivity index (χ1v) is 6.85. The average molecular weight is 323 g/mol. The van der Waals surface area contributed by atoms with Gasteiger partial charge in [0.05, 0.1) is 12.6 Å². The van der Waals surface area contributed by atoms with Crippen LogP contribution < -0.4 is 5.43 Å². The third kappa shape index (κ3) is 4.77. The third-order valence-corrected chi connectivity index (χ3v) is 3.21. The number of carbonyl (C=O) groups is 1. The predicted molar refractivity (Wildman–Crippen MR) is 84.0 cm³/mol. The van der Waals surface area contributed by atoms with Crippen LogP contribution in [0.25, 0.3) is 0 Å². The van der Waals surface area contributed by atoms with Gasteiger partial charge in [-0.2, -0.15) is 5.10 Å². The Kier molecular flexibility index (Phi) is 5.20. The fraction of sp³-hybridized carbons (Fsp3) is 0.0667. The van der Waals surface area contributed by atoms with E-state index in [1.807, 2.05) is 0 Å². The van der Waals surface area contributed by atoms with Crippen molar-refractivity contribution >= 4 is 35.3 Å². The molecule has 4 nitrogen and oxygen atoms in total. The zero-order chi connectivity index (χ0) is 15.2. The largest absolute Gasteiger partial charge is 0.508 e. The molecule has 0 saturated heterocycles. The van der Waals surface area contributed by atoms with E-state index < -0.39 is 0 Å². The van der Waals surface area contributed by atoms with Gasteiger partial charge in [-0.1, -0.05) is 35.3 Å². The Hall–Kier alpha value is -2.04. The number of carbonyl (C=O) groups excluding carboxylic acids is 1. The van der Waals surface area contributed by atoms with Crippen LogP contribution in [-0.2, 0) is 11.2 Å². The number of amides is 1. The minimum absolute atomic E-state index is 0.120. The molecule has 1 amide bonds. The van der Waals surface area contributed by atoms with Gasteiger partial charge in [0.25, 0.3) is 0 Å². The van der Waals surface area contributed by atoms with Gasteiger partial charge in [-0.25, -0.2) is 5.43 Å². The highest BCUT2D eigenvalue weighted by molar-refractivity contribution is 6.35. The Labute approximate surface area is 132 Å². The van der Waals surface area contributed by atoms with E-state index in [9.17, 15) is 9.90 Å². The molecule has 0 fully saturated rings. The van der Waals surface area contributed by atoms with Crippen LogP contribution in [0.3, 0.4) is 0 Å². The number of rotatable bonds is 4. The topological polar surface area (TPSA) is 61.7 Å². The fourth-order valence-electron chi connectivity index (χ4n) is 1.68. The standard InChI is InChI=1S/C15H12Cl2N2O2/c16-12-4-5-14(17)11(8-12)9-18-19-15(21)7-10-2-1-3-13(20)6-10/h1-6,8-9,20H,7H2,(H,19,21). The normalized spacial score (nSPS) is 10.8. The molecule has 2 rings (SSSR count). The summed E-state index contributed by atoms with van der Waals surface area (Å²) in [6.45, 7) is 0. The molecule has 2 N–H and O–H groups in total. The molecule has 2 aromatic rings. The Balaban J connectivity index is 1.94. The summed E-state index contributed by atoms with van der Waals surface area (Å²) in [5.74, 6) is -0.176. The summed E-state index contributed by atoms with van der Waals surface area (Å²) in [6, 6.07) is 11.5. The lowest BCUT2D eigenvalue weighted by Crippen LogP contribution is -2.19. The maximum absolute atomic E-state index is 11.7. The van der Waals surface area contributed by atoms with E-state index in [4.69, 9.17) is 23.2 Å². The fourth-order valence-corrected chi connectivity index (χ4v) is 2.03. The van der Waals surface area contributed by atoms with Gasteiger partial charge < -0.3 is 5.11 Å². The Morgan fingerprint density at radius 3 is 2.81 bits per heavy atom. The van der Waals surface area contributed by atoms with Gasteiger partial charge in [0.1, 0.15) is 5.75 Å². The van der Waals surface area contributed by atoms with Crippen LogP contribution >= 0.6 is 23.2 Å². The van der Waals surface area contributed by atoms with E-state index in [-0.39, 0.29) is 18.1 Å². The molecule has 0 aromatic heterocycles.